The molecule has 2 rings (SSSR count). The molecule has 1 heterocycles. The third-order valence-electron chi connectivity index (χ3n) is 2.38. The molecular weight excluding hydrogens is 205 g/mol. The second-order valence-electron chi connectivity index (χ2n) is 3.29. The highest BCUT2D eigenvalue weighted by Gasteiger charge is 2.09. The van der Waals surface area contributed by atoms with E-state index >= 15 is 0 Å². The number of benzene rings is 1. The van der Waals surface area contributed by atoms with Crippen molar-refractivity contribution in [2.45, 2.75) is 12.8 Å². The van der Waals surface area contributed by atoms with Gasteiger partial charge in [-0.25, -0.2) is 0 Å². The first-order chi connectivity index (χ1) is 6.27. The molecule has 1 aromatic carbocycles. The van der Waals surface area contributed by atoms with Crippen LogP contribution in [0.2, 0.25) is 10.0 Å². The second kappa shape index (κ2) is 3.87. The van der Waals surface area contributed by atoms with Crippen LogP contribution < -0.4 is 5.32 Å². The summed E-state index contributed by atoms with van der Waals surface area (Å²) in [4.78, 5) is 0. The fourth-order valence-electron chi connectivity index (χ4n) is 1.67. The van der Waals surface area contributed by atoms with Gasteiger partial charge in [-0.15, -0.1) is 0 Å². The van der Waals surface area contributed by atoms with Gasteiger partial charge in [0.2, 0.25) is 0 Å². The van der Waals surface area contributed by atoms with Crippen LogP contribution in [0.1, 0.15) is 11.1 Å². The van der Waals surface area contributed by atoms with E-state index in [0.717, 1.165) is 25.9 Å². The van der Waals surface area contributed by atoms with Gasteiger partial charge in [0.05, 0.1) is 10.0 Å². The van der Waals surface area contributed by atoms with Gasteiger partial charge >= 0.3 is 0 Å². The minimum Gasteiger partial charge on any atom is -0.316 e. The van der Waals surface area contributed by atoms with Crippen LogP contribution in [0.5, 0.6) is 0 Å². The van der Waals surface area contributed by atoms with E-state index < -0.39 is 0 Å². The molecule has 1 aromatic rings. The van der Waals surface area contributed by atoms with Crippen molar-refractivity contribution in [3.8, 4) is 0 Å². The SMILES string of the molecule is Clc1cc2c(cc1Cl)CCNCC2. The highest BCUT2D eigenvalue weighted by Crippen LogP contribution is 2.27. The van der Waals surface area contributed by atoms with E-state index in [4.69, 9.17) is 23.2 Å². The lowest BCUT2D eigenvalue weighted by Gasteiger charge is -2.06. The van der Waals surface area contributed by atoms with Crippen molar-refractivity contribution in [1.82, 2.24) is 5.32 Å². The Morgan fingerprint density at radius 1 is 0.923 bits per heavy atom. The molecule has 0 fully saturated rings. The Balaban J connectivity index is 2.43. The lowest BCUT2D eigenvalue weighted by molar-refractivity contribution is 0.711. The zero-order valence-electron chi connectivity index (χ0n) is 7.24. The first-order valence-corrected chi connectivity index (χ1v) is 5.20. The maximum Gasteiger partial charge on any atom is 0.0595 e. The maximum atomic E-state index is 5.95. The minimum atomic E-state index is 0.669. The fourth-order valence-corrected chi connectivity index (χ4v) is 2.04. The van der Waals surface area contributed by atoms with E-state index in [1.165, 1.54) is 11.1 Å². The highest BCUT2D eigenvalue weighted by molar-refractivity contribution is 6.42. The molecule has 0 bridgehead atoms. The summed E-state index contributed by atoms with van der Waals surface area (Å²) >= 11 is 11.9. The summed E-state index contributed by atoms with van der Waals surface area (Å²) < 4.78 is 0. The molecule has 0 unspecified atom stereocenters. The van der Waals surface area contributed by atoms with Gasteiger partial charge in [0.1, 0.15) is 0 Å². The van der Waals surface area contributed by atoms with Crippen molar-refractivity contribution in [3.63, 3.8) is 0 Å². The number of fused-ring (bicyclic) bond motifs is 1. The van der Waals surface area contributed by atoms with E-state index in [0.29, 0.717) is 10.0 Å². The van der Waals surface area contributed by atoms with Crippen molar-refractivity contribution < 1.29 is 0 Å². The Kier molecular flexibility index (Phi) is 2.77. The quantitative estimate of drug-likeness (QED) is 0.703. The lowest BCUT2D eigenvalue weighted by Crippen LogP contribution is -2.16. The topological polar surface area (TPSA) is 12.0 Å². The summed E-state index contributed by atoms with van der Waals surface area (Å²) in [6.07, 6.45) is 2.10. The molecular formula is C10H11Cl2N. The van der Waals surface area contributed by atoms with E-state index in [1.54, 1.807) is 0 Å². The number of halogens is 2. The van der Waals surface area contributed by atoms with Crippen molar-refractivity contribution >= 4 is 23.2 Å². The first kappa shape index (κ1) is 9.32. The zero-order valence-corrected chi connectivity index (χ0v) is 8.75. The summed E-state index contributed by atoms with van der Waals surface area (Å²) in [7, 11) is 0. The molecule has 0 amide bonds. The molecule has 0 saturated heterocycles. The Morgan fingerprint density at radius 3 is 1.85 bits per heavy atom. The van der Waals surface area contributed by atoms with Crippen LogP contribution in [0.25, 0.3) is 0 Å². The van der Waals surface area contributed by atoms with Gasteiger partial charge in [0, 0.05) is 0 Å². The van der Waals surface area contributed by atoms with Crippen LogP contribution in [0, 0.1) is 0 Å². The molecule has 0 atom stereocenters. The average Bonchev–Trinajstić information content (AvgIpc) is 2.31. The van der Waals surface area contributed by atoms with Crippen molar-refractivity contribution in [3.05, 3.63) is 33.3 Å². The minimum absolute atomic E-state index is 0.669. The van der Waals surface area contributed by atoms with E-state index in [9.17, 15) is 0 Å². The van der Waals surface area contributed by atoms with Crippen molar-refractivity contribution in [1.29, 1.82) is 0 Å². The zero-order chi connectivity index (χ0) is 9.26. The molecule has 13 heavy (non-hydrogen) atoms. The van der Waals surface area contributed by atoms with Crippen molar-refractivity contribution in [2.24, 2.45) is 0 Å². The van der Waals surface area contributed by atoms with E-state index in [1.807, 2.05) is 12.1 Å². The van der Waals surface area contributed by atoms with Gasteiger partial charge < -0.3 is 5.32 Å². The molecule has 0 aliphatic carbocycles. The van der Waals surface area contributed by atoms with Gasteiger partial charge in [0.15, 0.2) is 0 Å². The van der Waals surface area contributed by atoms with Crippen LogP contribution in [-0.4, -0.2) is 13.1 Å². The van der Waals surface area contributed by atoms with Gasteiger partial charge in [-0.2, -0.15) is 0 Å². The largest absolute Gasteiger partial charge is 0.316 e. The van der Waals surface area contributed by atoms with E-state index in [-0.39, 0.29) is 0 Å². The molecule has 0 radical (unpaired) electrons. The Hall–Kier alpha value is -0.240. The molecule has 1 aliphatic heterocycles. The molecule has 0 spiro atoms. The number of rotatable bonds is 0. The molecule has 1 nitrogen and oxygen atoms in total. The normalized spacial score (nSPS) is 16.5. The Labute approximate surface area is 88.0 Å². The Morgan fingerprint density at radius 2 is 1.38 bits per heavy atom. The lowest BCUT2D eigenvalue weighted by atomic mass is 10.0. The summed E-state index contributed by atoms with van der Waals surface area (Å²) in [5.74, 6) is 0. The average molecular weight is 216 g/mol. The first-order valence-electron chi connectivity index (χ1n) is 4.45. The summed E-state index contributed by atoms with van der Waals surface area (Å²) in [6, 6.07) is 3.98. The van der Waals surface area contributed by atoms with Crippen LogP contribution >= 0.6 is 23.2 Å². The van der Waals surface area contributed by atoms with Crippen LogP contribution in [0.4, 0.5) is 0 Å². The van der Waals surface area contributed by atoms with Crippen LogP contribution in [0.15, 0.2) is 12.1 Å². The third kappa shape index (κ3) is 1.98. The van der Waals surface area contributed by atoms with Gasteiger partial charge in [-0.05, 0) is 49.2 Å². The number of hydrogen-bond acceptors (Lipinski definition) is 1. The summed E-state index contributed by atoms with van der Waals surface area (Å²) in [5, 5.41) is 4.68. The summed E-state index contributed by atoms with van der Waals surface area (Å²) in [5.41, 5.74) is 2.67. The van der Waals surface area contributed by atoms with Gasteiger partial charge in [-0.1, -0.05) is 23.2 Å². The standard InChI is InChI=1S/C10H11Cl2N/c11-9-5-7-1-3-13-4-2-8(7)6-10(9)12/h5-6,13H,1-4H2. The Bertz CT molecular complexity index is 292. The highest BCUT2D eigenvalue weighted by atomic mass is 35.5. The smallest absolute Gasteiger partial charge is 0.0595 e. The van der Waals surface area contributed by atoms with E-state index in [2.05, 4.69) is 5.32 Å². The molecule has 0 aromatic heterocycles. The number of hydrogen-bond donors (Lipinski definition) is 1. The molecule has 70 valence electrons. The molecule has 1 aliphatic rings. The maximum absolute atomic E-state index is 5.95. The number of nitrogens with one attached hydrogen (secondary N) is 1. The van der Waals surface area contributed by atoms with Crippen LogP contribution in [-0.2, 0) is 12.8 Å². The fraction of sp³-hybridized carbons (Fsp3) is 0.400. The van der Waals surface area contributed by atoms with Crippen molar-refractivity contribution in [2.75, 3.05) is 13.1 Å². The summed E-state index contributed by atoms with van der Waals surface area (Å²) in [6.45, 7) is 2.07. The van der Waals surface area contributed by atoms with Gasteiger partial charge in [0.25, 0.3) is 0 Å². The van der Waals surface area contributed by atoms with Gasteiger partial charge in [-0.3, -0.25) is 0 Å². The third-order valence-corrected chi connectivity index (χ3v) is 3.11. The second-order valence-corrected chi connectivity index (χ2v) is 4.10. The van der Waals surface area contributed by atoms with Crippen LogP contribution in [0.3, 0.4) is 0 Å². The molecule has 1 N–H and O–H groups in total. The predicted molar refractivity (Wildman–Crippen MR) is 56.7 cm³/mol. The molecule has 3 heteroatoms. The molecule has 0 saturated carbocycles. The predicted octanol–water partition coefficient (Wildman–Crippen LogP) is 2.68. The monoisotopic (exact) mass is 215 g/mol.